The SMILES string of the molecule is N=c1sccn1CC(=O)c1ccc2c(c1)OCCO2. The molecule has 2 heterocycles. The van der Waals surface area contributed by atoms with E-state index in [-0.39, 0.29) is 12.3 Å². The van der Waals surface area contributed by atoms with Crippen LogP contribution in [0, 0.1) is 5.41 Å². The Kier molecular flexibility index (Phi) is 3.08. The van der Waals surface area contributed by atoms with Gasteiger partial charge in [-0.15, -0.1) is 11.3 Å². The number of hydrogen-bond acceptors (Lipinski definition) is 5. The average molecular weight is 276 g/mol. The van der Waals surface area contributed by atoms with E-state index < -0.39 is 0 Å². The number of hydrogen-bond donors (Lipinski definition) is 1. The number of carbonyl (C=O) groups excluding carboxylic acids is 1. The Balaban J connectivity index is 1.84. The number of nitrogens with zero attached hydrogens (tertiary/aromatic N) is 1. The molecule has 1 aliphatic heterocycles. The summed E-state index contributed by atoms with van der Waals surface area (Å²) in [6.45, 7) is 1.20. The normalized spacial score (nSPS) is 13.3. The number of aromatic nitrogens is 1. The molecule has 0 fully saturated rings. The first-order valence-electron chi connectivity index (χ1n) is 5.85. The van der Waals surface area contributed by atoms with Crippen molar-refractivity contribution in [2.24, 2.45) is 0 Å². The van der Waals surface area contributed by atoms with Crippen LogP contribution in [-0.2, 0) is 6.54 Å². The summed E-state index contributed by atoms with van der Waals surface area (Å²) in [4.78, 5) is 12.5. The van der Waals surface area contributed by atoms with Crippen molar-refractivity contribution in [3.8, 4) is 11.5 Å². The van der Waals surface area contributed by atoms with Crippen molar-refractivity contribution in [2.45, 2.75) is 6.54 Å². The van der Waals surface area contributed by atoms with Crippen LogP contribution in [0.5, 0.6) is 11.5 Å². The van der Waals surface area contributed by atoms with Crippen molar-refractivity contribution >= 4 is 17.1 Å². The van der Waals surface area contributed by atoms with E-state index in [0.29, 0.717) is 35.1 Å². The smallest absolute Gasteiger partial charge is 0.182 e. The molecule has 3 rings (SSSR count). The van der Waals surface area contributed by atoms with Gasteiger partial charge in [0.05, 0.1) is 6.54 Å². The van der Waals surface area contributed by atoms with E-state index in [2.05, 4.69) is 0 Å². The van der Waals surface area contributed by atoms with Crippen molar-refractivity contribution in [3.63, 3.8) is 0 Å². The summed E-state index contributed by atoms with van der Waals surface area (Å²) in [6, 6.07) is 5.18. The number of nitrogens with one attached hydrogen (secondary N) is 1. The molecule has 1 aromatic carbocycles. The Bertz CT molecular complexity index is 675. The van der Waals surface area contributed by atoms with Crippen LogP contribution in [0.3, 0.4) is 0 Å². The van der Waals surface area contributed by atoms with E-state index in [9.17, 15) is 4.79 Å². The first-order valence-corrected chi connectivity index (χ1v) is 6.73. The van der Waals surface area contributed by atoms with Gasteiger partial charge >= 0.3 is 0 Å². The molecule has 0 unspecified atom stereocenters. The number of rotatable bonds is 3. The molecule has 1 aromatic heterocycles. The number of Topliss-reactive ketones (excluding diaryl/α,β-unsaturated/α-hetero) is 1. The van der Waals surface area contributed by atoms with Crippen LogP contribution >= 0.6 is 11.3 Å². The lowest BCUT2D eigenvalue weighted by molar-refractivity contribution is 0.0969. The molecule has 0 spiro atoms. The number of thiazole rings is 1. The maximum Gasteiger partial charge on any atom is 0.182 e. The van der Waals surface area contributed by atoms with E-state index in [4.69, 9.17) is 14.9 Å². The van der Waals surface area contributed by atoms with Crippen LogP contribution in [0.2, 0.25) is 0 Å². The summed E-state index contributed by atoms with van der Waals surface area (Å²) in [5.74, 6) is 1.24. The van der Waals surface area contributed by atoms with Gasteiger partial charge in [-0.05, 0) is 18.2 Å². The Morgan fingerprint density at radius 2 is 2.11 bits per heavy atom. The van der Waals surface area contributed by atoms with Gasteiger partial charge in [0.15, 0.2) is 22.1 Å². The summed E-state index contributed by atoms with van der Waals surface area (Å²) in [6.07, 6.45) is 1.74. The molecule has 19 heavy (non-hydrogen) atoms. The van der Waals surface area contributed by atoms with Gasteiger partial charge in [-0.25, -0.2) is 0 Å². The molecule has 0 amide bonds. The number of ether oxygens (including phenoxy) is 2. The lowest BCUT2D eigenvalue weighted by Gasteiger charge is -2.18. The molecule has 1 N–H and O–H groups in total. The standard InChI is InChI=1S/C13H12N2O3S/c14-13-15(3-6-19-13)8-10(16)9-1-2-11-12(7-9)18-5-4-17-11/h1-3,6-7,14H,4-5,8H2. The second kappa shape index (κ2) is 4.89. The van der Waals surface area contributed by atoms with Crippen LogP contribution in [0.4, 0.5) is 0 Å². The topological polar surface area (TPSA) is 64.3 Å². The van der Waals surface area contributed by atoms with Crippen LogP contribution in [0.1, 0.15) is 10.4 Å². The van der Waals surface area contributed by atoms with Gasteiger partial charge in [-0.3, -0.25) is 10.2 Å². The highest BCUT2D eigenvalue weighted by Crippen LogP contribution is 2.30. The number of benzene rings is 1. The van der Waals surface area contributed by atoms with Gasteiger partial charge in [0.1, 0.15) is 13.2 Å². The van der Waals surface area contributed by atoms with Gasteiger partial charge in [-0.2, -0.15) is 0 Å². The van der Waals surface area contributed by atoms with E-state index in [1.54, 1.807) is 34.3 Å². The maximum atomic E-state index is 12.2. The third-order valence-electron chi connectivity index (χ3n) is 2.86. The lowest BCUT2D eigenvalue weighted by Crippen LogP contribution is -2.19. The maximum absolute atomic E-state index is 12.2. The molecule has 2 aromatic rings. The minimum atomic E-state index is -0.0473. The highest BCUT2D eigenvalue weighted by Gasteiger charge is 2.15. The van der Waals surface area contributed by atoms with Crippen LogP contribution in [0.15, 0.2) is 29.8 Å². The molecule has 0 atom stereocenters. The van der Waals surface area contributed by atoms with E-state index in [0.717, 1.165) is 0 Å². The highest BCUT2D eigenvalue weighted by atomic mass is 32.1. The fourth-order valence-corrected chi connectivity index (χ4v) is 2.49. The predicted molar refractivity (Wildman–Crippen MR) is 69.9 cm³/mol. The Morgan fingerprint density at radius 1 is 1.32 bits per heavy atom. The molecular weight excluding hydrogens is 264 g/mol. The quantitative estimate of drug-likeness (QED) is 0.867. The second-order valence-electron chi connectivity index (χ2n) is 4.12. The zero-order valence-electron chi connectivity index (χ0n) is 10.1. The van der Waals surface area contributed by atoms with Gasteiger partial charge in [-0.1, -0.05) is 0 Å². The number of ketones is 1. The summed E-state index contributed by atoms with van der Waals surface area (Å²) in [5.41, 5.74) is 0.572. The largest absolute Gasteiger partial charge is 0.486 e. The Hall–Kier alpha value is -2.08. The van der Waals surface area contributed by atoms with Crippen LogP contribution in [0.25, 0.3) is 0 Å². The Morgan fingerprint density at radius 3 is 2.84 bits per heavy atom. The van der Waals surface area contributed by atoms with Crippen LogP contribution < -0.4 is 14.3 Å². The molecular formula is C13H12N2O3S. The van der Waals surface area contributed by atoms with Crippen molar-refractivity contribution < 1.29 is 14.3 Å². The monoisotopic (exact) mass is 276 g/mol. The highest BCUT2D eigenvalue weighted by molar-refractivity contribution is 7.06. The molecule has 0 saturated heterocycles. The molecule has 1 aliphatic rings. The van der Waals surface area contributed by atoms with Crippen molar-refractivity contribution in [2.75, 3.05) is 13.2 Å². The van der Waals surface area contributed by atoms with Crippen LogP contribution in [-0.4, -0.2) is 23.6 Å². The fourth-order valence-electron chi connectivity index (χ4n) is 1.89. The minimum Gasteiger partial charge on any atom is -0.486 e. The number of carbonyl (C=O) groups is 1. The van der Waals surface area contributed by atoms with Crippen molar-refractivity contribution in [3.05, 3.63) is 40.1 Å². The molecule has 0 saturated carbocycles. The average Bonchev–Trinajstić information content (AvgIpc) is 2.84. The minimum absolute atomic E-state index is 0.0473. The summed E-state index contributed by atoms with van der Waals surface area (Å²) in [7, 11) is 0. The zero-order valence-corrected chi connectivity index (χ0v) is 10.9. The first-order chi connectivity index (χ1) is 9.24. The molecule has 98 valence electrons. The zero-order chi connectivity index (χ0) is 13.2. The van der Waals surface area contributed by atoms with Gasteiger partial charge in [0.25, 0.3) is 0 Å². The number of fused-ring (bicyclic) bond motifs is 1. The fraction of sp³-hybridized carbons (Fsp3) is 0.231. The van der Waals surface area contributed by atoms with Crippen molar-refractivity contribution in [1.29, 1.82) is 5.41 Å². The molecule has 0 radical (unpaired) electrons. The first kappa shape index (κ1) is 12.0. The summed E-state index contributed by atoms with van der Waals surface area (Å²) >= 11 is 1.30. The summed E-state index contributed by atoms with van der Waals surface area (Å²) in [5, 5.41) is 9.43. The molecule has 5 nitrogen and oxygen atoms in total. The third kappa shape index (κ3) is 2.39. The Labute approximate surface area is 113 Å². The van der Waals surface area contributed by atoms with E-state index >= 15 is 0 Å². The molecule has 0 bridgehead atoms. The van der Waals surface area contributed by atoms with Gasteiger partial charge < -0.3 is 14.0 Å². The van der Waals surface area contributed by atoms with Crippen molar-refractivity contribution in [1.82, 2.24) is 4.57 Å². The predicted octanol–water partition coefficient (Wildman–Crippen LogP) is 1.68. The summed E-state index contributed by atoms with van der Waals surface area (Å²) < 4.78 is 12.5. The molecule has 0 aliphatic carbocycles. The van der Waals surface area contributed by atoms with Gasteiger partial charge in [0, 0.05) is 17.1 Å². The second-order valence-corrected chi connectivity index (χ2v) is 5.01. The molecule has 6 heteroatoms. The third-order valence-corrected chi connectivity index (χ3v) is 3.58. The van der Waals surface area contributed by atoms with Gasteiger partial charge in [0.2, 0.25) is 0 Å². The lowest BCUT2D eigenvalue weighted by atomic mass is 10.1. The van der Waals surface area contributed by atoms with E-state index in [1.165, 1.54) is 11.3 Å². The van der Waals surface area contributed by atoms with E-state index in [1.807, 2.05) is 0 Å².